The maximum atomic E-state index is 5.45. The second-order valence-corrected chi connectivity index (χ2v) is 4.14. The Morgan fingerprint density at radius 3 is 2.78 bits per heavy atom. The molecule has 0 unspecified atom stereocenters. The molecule has 0 aliphatic carbocycles. The summed E-state index contributed by atoms with van der Waals surface area (Å²) in [6, 6.07) is 9.57. The van der Waals surface area contributed by atoms with Gasteiger partial charge in [0.05, 0.1) is 0 Å². The van der Waals surface area contributed by atoms with E-state index < -0.39 is 0 Å². The van der Waals surface area contributed by atoms with Gasteiger partial charge in [-0.3, -0.25) is 10.1 Å². The van der Waals surface area contributed by atoms with Gasteiger partial charge in [-0.1, -0.05) is 24.4 Å². The highest BCUT2D eigenvalue weighted by Crippen LogP contribution is 2.20. The molecule has 3 aromatic rings. The van der Waals surface area contributed by atoms with Gasteiger partial charge in [0.2, 0.25) is 0 Å². The molecule has 3 aromatic heterocycles. The van der Waals surface area contributed by atoms with Gasteiger partial charge in [0, 0.05) is 35.9 Å². The van der Waals surface area contributed by atoms with Crippen LogP contribution in [0.2, 0.25) is 0 Å². The van der Waals surface area contributed by atoms with E-state index in [0.29, 0.717) is 4.64 Å². The number of rotatable bonds is 2. The van der Waals surface area contributed by atoms with Crippen molar-refractivity contribution in [2.24, 2.45) is 0 Å². The van der Waals surface area contributed by atoms with Crippen molar-refractivity contribution in [2.45, 2.75) is 0 Å². The fourth-order valence-corrected chi connectivity index (χ4v) is 2.08. The zero-order valence-electron chi connectivity index (χ0n) is 9.45. The predicted octanol–water partition coefficient (Wildman–Crippen LogP) is 2.99. The van der Waals surface area contributed by atoms with Crippen LogP contribution in [0.25, 0.3) is 16.9 Å². The van der Waals surface area contributed by atoms with Gasteiger partial charge in [0.15, 0.2) is 5.82 Å². The minimum absolute atomic E-state index is 0.696. The molecule has 0 spiro atoms. The van der Waals surface area contributed by atoms with Gasteiger partial charge < -0.3 is 0 Å². The minimum atomic E-state index is 0.696. The molecule has 4 nitrogen and oxygen atoms in total. The minimum Gasteiger partial charge on any atom is -0.298 e. The van der Waals surface area contributed by atoms with E-state index in [4.69, 9.17) is 12.2 Å². The topological polar surface area (TPSA) is 46.5 Å². The number of hydrogen-bond acceptors (Lipinski definition) is 3. The van der Waals surface area contributed by atoms with Crippen LogP contribution in [-0.2, 0) is 0 Å². The summed E-state index contributed by atoms with van der Waals surface area (Å²) in [7, 11) is 0. The zero-order valence-corrected chi connectivity index (χ0v) is 10.3. The van der Waals surface area contributed by atoms with Gasteiger partial charge in [0.1, 0.15) is 4.64 Å². The number of pyridine rings is 2. The van der Waals surface area contributed by atoms with Crippen molar-refractivity contribution in [3.05, 3.63) is 59.8 Å². The van der Waals surface area contributed by atoms with Crippen molar-refractivity contribution in [3.8, 4) is 16.9 Å². The van der Waals surface area contributed by atoms with Crippen molar-refractivity contribution < 1.29 is 0 Å². The highest BCUT2D eigenvalue weighted by atomic mass is 32.1. The van der Waals surface area contributed by atoms with Gasteiger partial charge in [-0.15, -0.1) is 0 Å². The van der Waals surface area contributed by atoms with Crippen LogP contribution in [0.1, 0.15) is 0 Å². The van der Waals surface area contributed by atoms with Crippen molar-refractivity contribution in [1.29, 1.82) is 0 Å². The summed E-state index contributed by atoms with van der Waals surface area (Å²) in [5.41, 5.74) is 1.94. The molecule has 3 rings (SSSR count). The highest BCUT2D eigenvalue weighted by Gasteiger charge is 2.06. The third-order valence-electron chi connectivity index (χ3n) is 2.62. The number of nitrogens with one attached hydrogen (secondary N) is 1. The van der Waals surface area contributed by atoms with Crippen molar-refractivity contribution >= 4 is 12.2 Å². The number of hydrogen-bond donors (Lipinski definition) is 1. The van der Waals surface area contributed by atoms with Crippen LogP contribution in [0.5, 0.6) is 0 Å². The highest BCUT2D eigenvalue weighted by molar-refractivity contribution is 7.71. The van der Waals surface area contributed by atoms with Crippen LogP contribution in [0.4, 0.5) is 0 Å². The van der Waals surface area contributed by atoms with Crippen LogP contribution in [-0.4, -0.2) is 19.7 Å². The van der Waals surface area contributed by atoms with Crippen molar-refractivity contribution in [1.82, 2.24) is 19.7 Å². The summed E-state index contributed by atoms with van der Waals surface area (Å²) in [5.74, 6) is 0.776. The summed E-state index contributed by atoms with van der Waals surface area (Å²) < 4.78 is 2.47. The van der Waals surface area contributed by atoms with E-state index in [-0.39, 0.29) is 0 Å². The van der Waals surface area contributed by atoms with E-state index in [0.717, 1.165) is 16.9 Å². The molecule has 0 radical (unpaired) electrons. The standard InChI is InChI=1S/C13H10N4S/c18-13-11(10-4-3-6-14-8-10)9-16-17(13)12-5-1-2-7-15-12/h1-9,16H. The lowest BCUT2D eigenvalue weighted by molar-refractivity contribution is 0.837. The van der Waals surface area contributed by atoms with Crippen LogP contribution in [0.3, 0.4) is 0 Å². The van der Waals surface area contributed by atoms with Gasteiger partial charge in [0.25, 0.3) is 0 Å². The first kappa shape index (κ1) is 10.9. The third kappa shape index (κ3) is 1.84. The largest absolute Gasteiger partial charge is 0.298 e. The van der Waals surface area contributed by atoms with Crippen LogP contribution in [0.15, 0.2) is 55.1 Å². The molecule has 1 N–H and O–H groups in total. The molecule has 3 heterocycles. The third-order valence-corrected chi connectivity index (χ3v) is 3.02. The molecule has 0 aliphatic rings. The average Bonchev–Trinajstić information content (AvgIpc) is 2.83. The predicted molar refractivity (Wildman–Crippen MR) is 72.0 cm³/mol. The first-order valence-corrected chi connectivity index (χ1v) is 5.89. The number of aromatic nitrogens is 4. The average molecular weight is 254 g/mol. The lowest BCUT2D eigenvalue weighted by Crippen LogP contribution is -1.98. The summed E-state index contributed by atoms with van der Waals surface area (Å²) in [4.78, 5) is 8.37. The van der Waals surface area contributed by atoms with E-state index in [2.05, 4.69) is 15.1 Å². The molecule has 88 valence electrons. The van der Waals surface area contributed by atoms with E-state index in [1.807, 2.05) is 36.5 Å². The lowest BCUT2D eigenvalue weighted by atomic mass is 10.2. The molecule has 0 aromatic carbocycles. The van der Waals surface area contributed by atoms with E-state index in [9.17, 15) is 0 Å². The Balaban J connectivity index is 2.12. The van der Waals surface area contributed by atoms with E-state index in [1.54, 1.807) is 23.3 Å². The zero-order chi connectivity index (χ0) is 12.4. The van der Waals surface area contributed by atoms with E-state index in [1.165, 1.54) is 0 Å². The maximum absolute atomic E-state index is 5.45. The first-order valence-electron chi connectivity index (χ1n) is 5.48. The number of aromatic amines is 1. The number of H-pyrrole nitrogens is 1. The van der Waals surface area contributed by atoms with Gasteiger partial charge in [-0.05, 0) is 18.2 Å². The van der Waals surface area contributed by atoms with Crippen molar-refractivity contribution in [2.75, 3.05) is 0 Å². The van der Waals surface area contributed by atoms with Gasteiger partial charge in [-0.25, -0.2) is 9.67 Å². The lowest BCUT2D eigenvalue weighted by Gasteiger charge is -2.00. The Bertz CT molecular complexity index is 641. The van der Waals surface area contributed by atoms with E-state index >= 15 is 0 Å². The maximum Gasteiger partial charge on any atom is 0.152 e. The molecule has 0 saturated heterocycles. The molecular formula is C13H10N4S. The molecule has 0 saturated carbocycles. The van der Waals surface area contributed by atoms with Gasteiger partial charge >= 0.3 is 0 Å². The van der Waals surface area contributed by atoms with Crippen LogP contribution >= 0.6 is 12.2 Å². The monoisotopic (exact) mass is 254 g/mol. The summed E-state index contributed by atoms with van der Waals surface area (Å²) in [5, 5.41) is 3.11. The Morgan fingerprint density at radius 1 is 1.11 bits per heavy atom. The summed E-state index contributed by atoms with van der Waals surface area (Å²) in [6.45, 7) is 0. The van der Waals surface area contributed by atoms with Crippen LogP contribution in [0, 0.1) is 4.64 Å². The molecule has 5 heteroatoms. The fraction of sp³-hybridized carbons (Fsp3) is 0. The Labute approximate surface area is 109 Å². The molecule has 0 amide bonds. The molecular weight excluding hydrogens is 244 g/mol. The Hall–Kier alpha value is -2.27. The fourth-order valence-electron chi connectivity index (χ4n) is 1.75. The second kappa shape index (κ2) is 4.54. The first-order chi connectivity index (χ1) is 8.86. The Kier molecular flexibility index (Phi) is 2.74. The molecule has 0 bridgehead atoms. The Morgan fingerprint density at radius 2 is 2.06 bits per heavy atom. The quantitative estimate of drug-likeness (QED) is 0.715. The SMILES string of the molecule is S=c1c(-c2cccnc2)c[nH]n1-c1ccccn1. The molecule has 0 aliphatic heterocycles. The van der Waals surface area contributed by atoms with Gasteiger partial charge in [-0.2, -0.15) is 0 Å². The molecule has 18 heavy (non-hydrogen) atoms. The smallest absolute Gasteiger partial charge is 0.152 e. The summed E-state index contributed by atoms with van der Waals surface area (Å²) >= 11 is 5.45. The van der Waals surface area contributed by atoms with Crippen LogP contribution < -0.4 is 0 Å². The van der Waals surface area contributed by atoms with Crippen molar-refractivity contribution in [3.63, 3.8) is 0 Å². The normalized spacial score (nSPS) is 10.4. The number of nitrogens with zero attached hydrogens (tertiary/aromatic N) is 3. The molecule has 0 fully saturated rings. The summed E-state index contributed by atoms with van der Waals surface area (Å²) in [6.07, 6.45) is 7.14. The molecule has 0 atom stereocenters. The second-order valence-electron chi connectivity index (χ2n) is 3.76.